The number of carbonyl (C=O) groups is 2. The summed E-state index contributed by atoms with van der Waals surface area (Å²) in [4.78, 5) is 25.7. The van der Waals surface area contributed by atoms with Crippen LogP contribution in [0.4, 0.5) is 10.1 Å². The highest BCUT2D eigenvalue weighted by molar-refractivity contribution is 6.05. The van der Waals surface area contributed by atoms with Crippen molar-refractivity contribution in [2.24, 2.45) is 5.92 Å². The van der Waals surface area contributed by atoms with Crippen molar-refractivity contribution in [2.45, 2.75) is 26.3 Å². The van der Waals surface area contributed by atoms with Gasteiger partial charge in [-0.25, -0.2) is 4.39 Å². The highest BCUT2D eigenvalue weighted by atomic mass is 19.1. The number of aliphatic carboxylic acids is 1. The molecule has 0 atom stereocenters. The first-order valence-corrected chi connectivity index (χ1v) is 9.04. The minimum absolute atomic E-state index is 0.249. The first-order valence-electron chi connectivity index (χ1n) is 9.04. The van der Waals surface area contributed by atoms with Crippen LogP contribution in [-0.4, -0.2) is 35.0 Å². The fraction of sp³-hybridized carbons (Fsp3) is 0.333. The topological polar surface area (TPSA) is 69.6 Å². The molecular weight excluding hydrogens is 347 g/mol. The Labute approximate surface area is 157 Å². The number of nitrogens with zero attached hydrogens (tertiary/aromatic N) is 1. The Morgan fingerprint density at radius 3 is 2.59 bits per heavy atom. The van der Waals surface area contributed by atoms with Crippen molar-refractivity contribution in [3.63, 3.8) is 0 Å². The number of hydrogen-bond donors (Lipinski definition) is 2. The molecule has 1 fully saturated rings. The van der Waals surface area contributed by atoms with Crippen LogP contribution in [0, 0.1) is 18.7 Å². The summed E-state index contributed by atoms with van der Waals surface area (Å²) >= 11 is 0. The van der Waals surface area contributed by atoms with E-state index in [-0.39, 0.29) is 11.8 Å². The molecule has 27 heavy (non-hydrogen) atoms. The summed E-state index contributed by atoms with van der Waals surface area (Å²) in [5, 5.41) is 11.9. The van der Waals surface area contributed by atoms with Crippen LogP contribution in [0.25, 0.3) is 0 Å². The maximum absolute atomic E-state index is 13.7. The van der Waals surface area contributed by atoms with E-state index in [2.05, 4.69) is 10.2 Å². The van der Waals surface area contributed by atoms with Gasteiger partial charge >= 0.3 is 5.97 Å². The minimum Gasteiger partial charge on any atom is -0.481 e. The van der Waals surface area contributed by atoms with Gasteiger partial charge in [-0.3, -0.25) is 14.5 Å². The first-order chi connectivity index (χ1) is 12.9. The second-order valence-electron chi connectivity index (χ2n) is 6.96. The largest absolute Gasteiger partial charge is 0.481 e. The van der Waals surface area contributed by atoms with Crippen molar-refractivity contribution in [2.75, 3.05) is 18.4 Å². The maximum atomic E-state index is 13.7. The molecule has 5 nitrogen and oxygen atoms in total. The molecule has 1 aliphatic heterocycles. The van der Waals surface area contributed by atoms with Crippen molar-refractivity contribution in [3.05, 3.63) is 65.0 Å². The fourth-order valence-electron chi connectivity index (χ4n) is 3.40. The lowest BCUT2D eigenvalue weighted by Gasteiger charge is -2.30. The summed E-state index contributed by atoms with van der Waals surface area (Å²) < 4.78 is 13.7. The summed E-state index contributed by atoms with van der Waals surface area (Å²) in [6.45, 7) is 3.78. The molecule has 0 aliphatic carbocycles. The predicted octanol–water partition coefficient (Wildman–Crippen LogP) is 3.68. The number of rotatable bonds is 5. The van der Waals surface area contributed by atoms with Crippen LogP contribution < -0.4 is 5.32 Å². The standard InChI is InChI=1S/C21H23FN2O3/c1-14-18(6-3-7-19(14)22)20(25)23-17-5-2-4-15(12-17)13-24-10-8-16(9-11-24)21(26)27/h2-7,12,16H,8-11,13H2,1H3,(H,23,25)(H,26,27). The Morgan fingerprint density at radius 2 is 1.89 bits per heavy atom. The average Bonchev–Trinajstić information content (AvgIpc) is 2.64. The Bertz CT molecular complexity index is 845. The third kappa shape index (κ3) is 4.71. The number of piperidine rings is 1. The summed E-state index contributed by atoms with van der Waals surface area (Å²) in [5.41, 5.74) is 2.34. The van der Waals surface area contributed by atoms with Crippen molar-refractivity contribution < 1.29 is 19.1 Å². The van der Waals surface area contributed by atoms with Crippen LogP contribution in [0.1, 0.15) is 34.3 Å². The number of benzene rings is 2. The summed E-state index contributed by atoms with van der Waals surface area (Å²) in [6, 6.07) is 12.0. The number of likely N-dealkylation sites (tertiary alicyclic amines) is 1. The van der Waals surface area contributed by atoms with Gasteiger partial charge < -0.3 is 10.4 Å². The average molecular weight is 370 g/mol. The van der Waals surface area contributed by atoms with Gasteiger partial charge in [0.1, 0.15) is 5.82 Å². The highest BCUT2D eigenvalue weighted by Crippen LogP contribution is 2.21. The highest BCUT2D eigenvalue weighted by Gasteiger charge is 2.24. The van der Waals surface area contributed by atoms with Crippen molar-refractivity contribution in [3.8, 4) is 0 Å². The molecule has 0 spiro atoms. The van der Waals surface area contributed by atoms with E-state index in [9.17, 15) is 14.0 Å². The molecule has 1 aliphatic rings. The first kappa shape index (κ1) is 19.0. The van der Waals surface area contributed by atoms with Gasteiger partial charge in [-0.1, -0.05) is 18.2 Å². The Hall–Kier alpha value is -2.73. The van der Waals surface area contributed by atoms with E-state index in [0.29, 0.717) is 36.2 Å². The molecule has 2 aromatic carbocycles. The number of amides is 1. The molecular formula is C21H23FN2O3. The van der Waals surface area contributed by atoms with E-state index >= 15 is 0 Å². The van der Waals surface area contributed by atoms with Crippen LogP contribution in [0.15, 0.2) is 42.5 Å². The van der Waals surface area contributed by atoms with Gasteiger partial charge in [0.05, 0.1) is 5.92 Å². The zero-order valence-electron chi connectivity index (χ0n) is 15.2. The smallest absolute Gasteiger partial charge is 0.306 e. The fourth-order valence-corrected chi connectivity index (χ4v) is 3.40. The molecule has 3 rings (SSSR count). The lowest BCUT2D eigenvalue weighted by atomic mass is 9.97. The third-order valence-corrected chi connectivity index (χ3v) is 5.04. The maximum Gasteiger partial charge on any atom is 0.306 e. The van der Waals surface area contributed by atoms with Gasteiger partial charge in [-0.2, -0.15) is 0 Å². The third-order valence-electron chi connectivity index (χ3n) is 5.04. The molecule has 2 aromatic rings. The van der Waals surface area contributed by atoms with Crippen LogP contribution in [0.3, 0.4) is 0 Å². The number of hydrogen-bond acceptors (Lipinski definition) is 3. The van der Waals surface area contributed by atoms with Gasteiger partial charge in [0.2, 0.25) is 0 Å². The van der Waals surface area contributed by atoms with Crippen molar-refractivity contribution in [1.29, 1.82) is 0 Å². The number of carbonyl (C=O) groups excluding carboxylic acids is 1. The Balaban J connectivity index is 1.63. The van der Waals surface area contributed by atoms with Crippen molar-refractivity contribution in [1.82, 2.24) is 4.90 Å². The zero-order chi connectivity index (χ0) is 19.4. The summed E-state index contributed by atoms with van der Waals surface area (Å²) in [7, 11) is 0. The van der Waals surface area contributed by atoms with Gasteiger partial charge in [0.25, 0.3) is 5.91 Å². The quantitative estimate of drug-likeness (QED) is 0.842. The summed E-state index contributed by atoms with van der Waals surface area (Å²) in [5.74, 6) is -1.71. The monoisotopic (exact) mass is 370 g/mol. The zero-order valence-corrected chi connectivity index (χ0v) is 15.2. The van der Waals surface area contributed by atoms with Crippen LogP contribution >= 0.6 is 0 Å². The normalized spacial score (nSPS) is 15.5. The van der Waals surface area contributed by atoms with Gasteiger partial charge in [-0.05, 0) is 68.2 Å². The lowest BCUT2D eigenvalue weighted by Crippen LogP contribution is -2.35. The molecule has 2 N–H and O–H groups in total. The number of carboxylic acid groups (broad SMARTS) is 1. The molecule has 0 radical (unpaired) electrons. The van der Waals surface area contributed by atoms with E-state index < -0.39 is 11.8 Å². The molecule has 1 amide bonds. The molecule has 0 saturated carbocycles. The van der Waals surface area contributed by atoms with Crippen LogP contribution in [0.5, 0.6) is 0 Å². The Morgan fingerprint density at radius 1 is 1.19 bits per heavy atom. The SMILES string of the molecule is Cc1c(F)cccc1C(=O)Nc1cccc(CN2CCC(C(=O)O)CC2)c1. The number of carboxylic acids is 1. The lowest BCUT2D eigenvalue weighted by molar-refractivity contribution is -0.143. The van der Waals surface area contributed by atoms with E-state index in [1.54, 1.807) is 19.1 Å². The van der Waals surface area contributed by atoms with E-state index in [1.807, 2.05) is 18.2 Å². The van der Waals surface area contributed by atoms with E-state index in [0.717, 1.165) is 18.7 Å². The molecule has 6 heteroatoms. The van der Waals surface area contributed by atoms with Gasteiger partial charge in [0, 0.05) is 17.8 Å². The second-order valence-corrected chi connectivity index (χ2v) is 6.96. The minimum atomic E-state index is -0.716. The molecule has 0 bridgehead atoms. The molecule has 1 saturated heterocycles. The number of anilines is 1. The predicted molar refractivity (Wildman–Crippen MR) is 101 cm³/mol. The van der Waals surface area contributed by atoms with Crippen LogP contribution in [0.2, 0.25) is 0 Å². The van der Waals surface area contributed by atoms with E-state index in [4.69, 9.17) is 5.11 Å². The van der Waals surface area contributed by atoms with Crippen LogP contribution in [-0.2, 0) is 11.3 Å². The van der Waals surface area contributed by atoms with E-state index in [1.165, 1.54) is 12.1 Å². The second kappa shape index (κ2) is 8.31. The molecule has 0 aromatic heterocycles. The molecule has 1 heterocycles. The Kier molecular flexibility index (Phi) is 5.86. The van der Waals surface area contributed by atoms with Gasteiger partial charge in [0.15, 0.2) is 0 Å². The van der Waals surface area contributed by atoms with Gasteiger partial charge in [-0.15, -0.1) is 0 Å². The number of halogens is 1. The molecule has 142 valence electrons. The molecule has 0 unspecified atom stereocenters. The summed E-state index contributed by atoms with van der Waals surface area (Å²) in [6.07, 6.45) is 1.31. The number of nitrogens with one attached hydrogen (secondary N) is 1. The van der Waals surface area contributed by atoms with Crippen molar-refractivity contribution >= 4 is 17.6 Å².